The zero-order chi connectivity index (χ0) is 30.4. The molecule has 44 heavy (non-hydrogen) atoms. The van der Waals surface area contributed by atoms with E-state index in [1.54, 1.807) is 16.6 Å². The molecule has 1 aliphatic carbocycles. The number of aryl methyl sites for hydroxylation is 1. The van der Waals surface area contributed by atoms with Crippen LogP contribution in [0, 0.1) is 24.5 Å². The van der Waals surface area contributed by atoms with Crippen molar-refractivity contribution in [1.82, 2.24) is 24.5 Å². The Morgan fingerprint density at radius 3 is 2.34 bits per heavy atom. The molecule has 7 nitrogen and oxygen atoms in total. The third-order valence-electron chi connectivity index (χ3n) is 8.92. The van der Waals surface area contributed by atoms with Crippen molar-refractivity contribution >= 4 is 44.4 Å². The average Bonchev–Trinajstić information content (AvgIpc) is 3.46. The Bertz CT molecular complexity index is 2130. The van der Waals surface area contributed by atoms with Gasteiger partial charge in [0.15, 0.2) is 11.3 Å². The van der Waals surface area contributed by atoms with Gasteiger partial charge >= 0.3 is 0 Å². The number of imide groups is 1. The Hall–Kier alpha value is -4.87. The number of carbonyl (C=O) groups excluding carboxylic acids is 2. The first-order valence-corrected chi connectivity index (χ1v) is 15.3. The maximum absolute atomic E-state index is 13.6. The maximum atomic E-state index is 13.6. The smallest absolute Gasteiger partial charge is 0.269 e. The van der Waals surface area contributed by atoms with E-state index < -0.39 is 5.54 Å². The van der Waals surface area contributed by atoms with E-state index in [9.17, 15) is 9.59 Å². The van der Waals surface area contributed by atoms with Gasteiger partial charge in [0, 0.05) is 22.7 Å². The van der Waals surface area contributed by atoms with Crippen LogP contribution in [0.25, 0.3) is 39.1 Å². The zero-order valence-corrected chi connectivity index (χ0v) is 25.9. The normalized spacial score (nSPS) is 16.7. The van der Waals surface area contributed by atoms with Crippen molar-refractivity contribution in [3.63, 3.8) is 0 Å². The zero-order valence-electron chi connectivity index (χ0n) is 24.4. The Morgan fingerprint density at radius 2 is 1.64 bits per heavy atom. The number of halogens is 1. The topological polar surface area (TPSA) is 80.5 Å². The third-order valence-corrected chi connectivity index (χ3v) is 9.85. The third kappa shape index (κ3) is 3.79. The Labute approximate surface area is 262 Å². The van der Waals surface area contributed by atoms with E-state index >= 15 is 0 Å². The number of rotatable bonds is 4. The molecule has 1 fully saturated rings. The molecule has 2 amide bonds. The molecule has 1 aliphatic heterocycles. The highest BCUT2D eigenvalue weighted by Crippen LogP contribution is 2.58. The van der Waals surface area contributed by atoms with Gasteiger partial charge in [-0.3, -0.25) is 14.5 Å². The molecule has 0 spiro atoms. The summed E-state index contributed by atoms with van der Waals surface area (Å²) in [5.74, 6) is -0.571. The largest absolute Gasteiger partial charge is 0.270 e. The molecule has 6 aromatic rings. The summed E-state index contributed by atoms with van der Waals surface area (Å²) in [5.41, 5.74) is 6.86. The van der Waals surface area contributed by atoms with Gasteiger partial charge in [-0.1, -0.05) is 80.6 Å². The first kappa shape index (κ1) is 26.7. The highest BCUT2D eigenvalue weighted by atomic mass is 79.9. The molecule has 3 aromatic carbocycles. The van der Waals surface area contributed by atoms with Crippen LogP contribution in [0.15, 0.2) is 83.5 Å². The first-order chi connectivity index (χ1) is 21.2. The minimum absolute atomic E-state index is 0.0141. The second kappa shape index (κ2) is 9.31. The quantitative estimate of drug-likeness (QED) is 0.186. The van der Waals surface area contributed by atoms with E-state index in [4.69, 9.17) is 10.1 Å². The number of pyridine rings is 1. The lowest BCUT2D eigenvalue weighted by Gasteiger charge is -2.57. The summed E-state index contributed by atoms with van der Waals surface area (Å²) < 4.78 is 2.63. The number of aromatic nitrogens is 4. The fraction of sp³-hybridized carbons (Fsp3) is 0.194. The molecule has 0 bridgehead atoms. The lowest BCUT2D eigenvalue weighted by atomic mass is 9.56. The number of amides is 2. The molecule has 4 heterocycles. The minimum atomic E-state index is -0.737. The van der Waals surface area contributed by atoms with Gasteiger partial charge in [0.25, 0.3) is 11.8 Å². The van der Waals surface area contributed by atoms with E-state index in [1.807, 2.05) is 55.6 Å². The maximum Gasteiger partial charge on any atom is 0.270 e. The standard InChI is InChI=1S/C36H26BrN5O2/c1-21-29(37)32-38-18-24-17-28(22-9-5-4-6-10-22)30(39-31(24)42(32)40-21)23-13-15-25(16-14-23)36(19-35(2,3)20-36)41-33(43)26-11-7-8-12-27(26)34(41)44/h4-7,9-11,13-18H,19-20H2,1-3H3. The van der Waals surface area contributed by atoms with Crippen molar-refractivity contribution in [1.29, 1.82) is 0 Å². The van der Waals surface area contributed by atoms with Gasteiger partial charge < -0.3 is 0 Å². The summed E-state index contributed by atoms with van der Waals surface area (Å²) in [5, 5.41) is 5.58. The van der Waals surface area contributed by atoms with Crippen molar-refractivity contribution in [3.05, 3.63) is 118 Å². The van der Waals surface area contributed by atoms with Crippen LogP contribution in [-0.2, 0) is 5.54 Å². The summed E-state index contributed by atoms with van der Waals surface area (Å²) in [6.07, 6.45) is 3.19. The van der Waals surface area contributed by atoms with Gasteiger partial charge in [-0.2, -0.15) is 9.61 Å². The molecule has 2 aliphatic rings. The molecule has 0 atom stereocenters. The molecule has 0 unspecified atom stereocenters. The number of benzene rings is 2. The molecular formula is C36H26BrN5O2. The van der Waals surface area contributed by atoms with E-state index in [1.165, 1.54) is 4.90 Å². The Morgan fingerprint density at radius 1 is 0.886 bits per heavy atom. The summed E-state index contributed by atoms with van der Waals surface area (Å²) >= 11 is 3.61. The fourth-order valence-electron chi connectivity index (χ4n) is 7.14. The van der Waals surface area contributed by atoms with Gasteiger partial charge in [-0.05, 0) is 70.4 Å². The van der Waals surface area contributed by atoms with Crippen molar-refractivity contribution in [2.75, 3.05) is 0 Å². The van der Waals surface area contributed by atoms with Crippen LogP contribution in [0.5, 0.6) is 0 Å². The van der Waals surface area contributed by atoms with E-state index in [0.29, 0.717) is 35.3 Å². The Balaban J connectivity index is 1.28. The predicted molar refractivity (Wildman–Crippen MR) is 171 cm³/mol. The van der Waals surface area contributed by atoms with Gasteiger partial charge in [-0.25, -0.2) is 9.97 Å². The second-order valence-corrected chi connectivity index (χ2v) is 13.3. The van der Waals surface area contributed by atoms with Crippen molar-refractivity contribution < 1.29 is 9.59 Å². The molecule has 8 heteroatoms. The summed E-state index contributed by atoms with van der Waals surface area (Å²) in [7, 11) is 0. The highest BCUT2D eigenvalue weighted by molar-refractivity contribution is 9.10. The molecule has 214 valence electrons. The lowest BCUT2D eigenvalue weighted by Crippen LogP contribution is -2.59. The molecular weight excluding hydrogens is 614 g/mol. The van der Waals surface area contributed by atoms with Crippen LogP contribution in [0.1, 0.15) is 58.7 Å². The number of hydrogen-bond donors (Lipinski definition) is 0. The van der Waals surface area contributed by atoms with Gasteiger partial charge in [-0.15, -0.1) is 0 Å². The summed E-state index contributed by atoms with van der Waals surface area (Å²) in [6, 6.07) is 29.5. The molecule has 1 saturated carbocycles. The molecule has 3 aromatic heterocycles. The van der Waals surface area contributed by atoms with Crippen LogP contribution in [-0.4, -0.2) is 36.3 Å². The van der Waals surface area contributed by atoms with E-state index in [-0.39, 0.29) is 17.2 Å². The van der Waals surface area contributed by atoms with Crippen LogP contribution in [0.4, 0.5) is 0 Å². The van der Waals surface area contributed by atoms with Crippen LogP contribution in [0.3, 0.4) is 0 Å². The lowest BCUT2D eigenvalue weighted by molar-refractivity contribution is -0.0415. The Kier molecular flexibility index (Phi) is 5.66. The van der Waals surface area contributed by atoms with Crippen molar-refractivity contribution in [3.8, 4) is 22.4 Å². The highest BCUT2D eigenvalue weighted by Gasteiger charge is 2.59. The summed E-state index contributed by atoms with van der Waals surface area (Å²) in [6.45, 7) is 6.28. The van der Waals surface area contributed by atoms with E-state index in [0.717, 1.165) is 43.5 Å². The molecule has 0 N–H and O–H groups in total. The monoisotopic (exact) mass is 639 g/mol. The first-order valence-electron chi connectivity index (χ1n) is 14.5. The van der Waals surface area contributed by atoms with Gasteiger partial charge in [0.2, 0.25) is 0 Å². The van der Waals surface area contributed by atoms with E-state index in [2.05, 4.69) is 65.1 Å². The SMILES string of the molecule is Cc1nn2c(ncc3cc(-c4ccccc4)c(-c4ccc(C5(N6C(=O)c7c#cccc7C6=O)CC(C)(C)C5)cc4)nc32)c1Br. The van der Waals surface area contributed by atoms with Crippen molar-refractivity contribution in [2.45, 2.75) is 39.2 Å². The molecule has 0 saturated heterocycles. The summed E-state index contributed by atoms with van der Waals surface area (Å²) in [4.78, 5) is 38.5. The minimum Gasteiger partial charge on any atom is -0.269 e. The molecule has 0 radical (unpaired) electrons. The van der Waals surface area contributed by atoms with Crippen LogP contribution < -0.4 is 0 Å². The number of carbonyl (C=O) groups is 2. The second-order valence-electron chi connectivity index (χ2n) is 12.5. The van der Waals surface area contributed by atoms with Gasteiger partial charge in [0.1, 0.15) is 5.56 Å². The van der Waals surface area contributed by atoms with Gasteiger partial charge in [0.05, 0.1) is 27.0 Å². The number of nitrogens with zero attached hydrogens (tertiary/aromatic N) is 5. The van der Waals surface area contributed by atoms with Crippen molar-refractivity contribution in [2.24, 2.45) is 5.41 Å². The fourth-order valence-corrected chi connectivity index (χ4v) is 7.49. The predicted octanol–water partition coefficient (Wildman–Crippen LogP) is 7.59. The van der Waals surface area contributed by atoms with Crippen LogP contribution in [0.2, 0.25) is 0 Å². The number of hydrogen-bond acceptors (Lipinski definition) is 5. The van der Waals surface area contributed by atoms with Crippen LogP contribution >= 0.6 is 15.9 Å². The average molecular weight is 641 g/mol. The molecule has 8 rings (SSSR count). The number of fused-ring (bicyclic) bond motifs is 4.